The van der Waals surface area contributed by atoms with E-state index in [2.05, 4.69) is 71.7 Å². The first-order chi connectivity index (χ1) is 12.5. The van der Waals surface area contributed by atoms with Gasteiger partial charge in [0.1, 0.15) is 0 Å². The van der Waals surface area contributed by atoms with Gasteiger partial charge in [-0.15, -0.1) is 35.7 Å². The average Bonchev–Trinajstić information content (AvgIpc) is 2.97. The van der Waals surface area contributed by atoms with E-state index in [0.717, 1.165) is 31.9 Å². The highest BCUT2D eigenvalue weighted by Crippen LogP contribution is 2.17. The van der Waals surface area contributed by atoms with Gasteiger partial charge in [-0.25, -0.2) is 0 Å². The van der Waals surface area contributed by atoms with Crippen molar-refractivity contribution < 1.29 is 0 Å². The third-order valence-corrected chi connectivity index (χ3v) is 5.35. The maximum Gasteiger partial charge on any atom is 0.193 e. The number of benzene rings is 1. The van der Waals surface area contributed by atoms with Gasteiger partial charge in [-0.05, 0) is 36.8 Å². The molecule has 0 saturated carbocycles. The molecule has 0 aliphatic rings. The van der Waals surface area contributed by atoms with Crippen LogP contribution in [0.4, 0.5) is 0 Å². The van der Waals surface area contributed by atoms with Gasteiger partial charge in [-0.1, -0.05) is 26.0 Å². The number of hydrogen-bond acceptors (Lipinski definition) is 3. The molecule has 2 rings (SSSR count). The summed E-state index contributed by atoms with van der Waals surface area (Å²) in [7, 11) is 5.93. The molecule has 0 aliphatic carbocycles. The third kappa shape index (κ3) is 6.14. The minimum atomic E-state index is 0. The van der Waals surface area contributed by atoms with Gasteiger partial charge in [0.2, 0.25) is 0 Å². The second-order valence-electron chi connectivity index (χ2n) is 6.31. The van der Waals surface area contributed by atoms with Crippen LogP contribution in [0, 0.1) is 0 Å². The van der Waals surface area contributed by atoms with Crippen molar-refractivity contribution in [1.82, 2.24) is 20.0 Å². The molecule has 1 N–H and O–H groups in total. The summed E-state index contributed by atoms with van der Waals surface area (Å²) in [6.07, 6.45) is 4.03. The molecule has 0 bridgehead atoms. The van der Waals surface area contributed by atoms with E-state index in [1.165, 1.54) is 27.4 Å². The molecule has 0 radical (unpaired) electrons. The Morgan fingerprint density at radius 2 is 1.89 bits per heavy atom. The van der Waals surface area contributed by atoms with Crippen LogP contribution in [0.5, 0.6) is 0 Å². The van der Waals surface area contributed by atoms with Gasteiger partial charge in [-0.3, -0.25) is 9.67 Å². The minimum Gasteiger partial charge on any atom is -0.352 e. The molecule has 0 aliphatic heterocycles. The fourth-order valence-electron chi connectivity index (χ4n) is 3.23. The number of nitrogens with one attached hydrogen (secondary N) is 1. The molecule has 1 aromatic carbocycles. The Labute approximate surface area is 185 Å². The van der Waals surface area contributed by atoms with Gasteiger partial charge in [0.05, 0.1) is 5.69 Å². The Bertz CT molecular complexity index is 740. The number of aromatic nitrogens is 2. The van der Waals surface area contributed by atoms with Crippen LogP contribution in [0.1, 0.15) is 36.4 Å². The second-order valence-corrected chi connectivity index (χ2v) is 7.19. The zero-order valence-electron chi connectivity index (χ0n) is 17.2. The predicted molar refractivity (Wildman–Crippen MR) is 127 cm³/mol. The van der Waals surface area contributed by atoms with Crippen molar-refractivity contribution in [2.45, 2.75) is 44.7 Å². The fourth-order valence-corrected chi connectivity index (χ4v) is 3.63. The maximum absolute atomic E-state index is 4.65. The van der Waals surface area contributed by atoms with Crippen LogP contribution < -0.4 is 5.32 Å². The Kier molecular flexibility index (Phi) is 10.2. The number of aliphatic imine (C=N–C) groups is 1. The average molecular weight is 501 g/mol. The van der Waals surface area contributed by atoms with Crippen molar-refractivity contribution in [2.24, 2.45) is 12.0 Å². The van der Waals surface area contributed by atoms with Gasteiger partial charge in [0.15, 0.2) is 5.96 Å². The summed E-state index contributed by atoms with van der Waals surface area (Å²) in [5.41, 5.74) is 5.04. The number of thioether (sulfide) groups is 1. The second kappa shape index (κ2) is 11.6. The number of halogens is 1. The molecule has 1 heterocycles. The molecule has 27 heavy (non-hydrogen) atoms. The molecule has 2 aromatic rings. The van der Waals surface area contributed by atoms with Crippen LogP contribution in [0.15, 0.2) is 34.2 Å². The molecule has 150 valence electrons. The largest absolute Gasteiger partial charge is 0.352 e. The normalized spacial score (nSPS) is 11.3. The van der Waals surface area contributed by atoms with E-state index >= 15 is 0 Å². The molecule has 0 spiro atoms. The molecule has 0 unspecified atom stereocenters. The molecular weight excluding hydrogens is 469 g/mol. The summed E-state index contributed by atoms with van der Waals surface area (Å²) in [5.74, 6) is 0.895. The van der Waals surface area contributed by atoms with Gasteiger partial charge in [-0.2, -0.15) is 5.10 Å². The smallest absolute Gasteiger partial charge is 0.193 e. The van der Waals surface area contributed by atoms with E-state index in [9.17, 15) is 0 Å². The number of rotatable bonds is 7. The van der Waals surface area contributed by atoms with Crippen LogP contribution >= 0.6 is 35.7 Å². The molecule has 0 saturated heterocycles. The SMILES string of the molecule is CCc1nn(C)c(CC)c1CNC(=NC)N(C)Cc1ccc(SC)cc1.I. The number of hydrogen-bond donors (Lipinski definition) is 1. The van der Waals surface area contributed by atoms with E-state index < -0.39 is 0 Å². The third-order valence-electron chi connectivity index (χ3n) is 4.60. The monoisotopic (exact) mass is 501 g/mol. The van der Waals surface area contributed by atoms with Crippen LogP contribution in [0.2, 0.25) is 0 Å². The molecule has 0 amide bonds. The summed E-state index contributed by atoms with van der Waals surface area (Å²) in [6.45, 7) is 5.91. The lowest BCUT2D eigenvalue weighted by Gasteiger charge is -2.22. The summed E-state index contributed by atoms with van der Waals surface area (Å²) in [5, 5.41) is 8.16. The lowest BCUT2D eigenvalue weighted by Crippen LogP contribution is -2.38. The molecule has 7 heteroatoms. The highest BCUT2D eigenvalue weighted by molar-refractivity contribution is 14.0. The first-order valence-electron chi connectivity index (χ1n) is 9.12. The van der Waals surface area contributed by atoms with Crippen LogP contribution in [-0.2, 0) is 33.0 Å². The maximum atomic E-state index is 4.65. The summed E-state index contributed by atoms with van der Waals surface area (Å²) >= 11 is 1.76. The zero-order valence-corrected chi connectivity index (χ0v) is 20.4. The van der Waals surface area contributed by atoms with Crippen LogP contribution in [-0.4, -0.2) is 41.0 Å². The van der Waals surface area contributed by atoms with Crippen molar-refractivity contribution in [1.29, 1.82) is 0 Å². The Balaban J connectivity index is 0.00000364. The number of guanidine groups is 1. The van der Waals surface area contributed by atoms with E-state index in [0.29, 0.717) is 0 Å². The summed E-state index contributed by atoms with van der Waals surface area (Å²) in [4.78, 5) is 7.89. The van der Waals surface area contributed by atoms with Crippen molar-refractivity contribution in [3.8, 4) is 0 Å². The fraction of sp³-hybridized carbons (Fsp3) is 0.500. The van der Waals surface area contributed by atoms with Crippen molar-refractivity contribution in [3.05, 3.63) is 46.8 Å². The standard InChI is InChI=1S/C20H31N5S.HI/c1-7-18-17(19(8-2)25(5)23-18)13-22-20(21-3)24(4)14-15-9-11-16(26-6)12-10-15;/h9-12H,7-8,13-14H2,1-6H3,(H,21,22);1H. The van der Waals surface area contributed by atoms with E-state index in [-0.39, 0.29) is 24.0 Å². The first-order valence-corrected chi connectivity index (χ1v) is 10.3. The topological polar surface area (TPSA) is 45.5 Å². The van der Waals surface area contributed by atoms with Crippen LogP contribution in [0.25, 0.3) is 0 Å². The van der Waals surface area contributed by atoms with Crippen molar-refractivity contribution in [3.63, 3.8) is 0 Å². The van der Waals surface area contributed by atoms with Gasteiger partial charge in [0.25, 0.3) is 0 Å². The molecule has 0 fully saturated rings. The van der Waals surface area contributed by atoms with Crippen molar-refractivity contribution in [2.75, 3.05) is 20.4 Å². The Morgan fingerprint density at radius 3 is 2.41 bits per heavy atom. The van der Waals surface area contributed by atoms with Gasteiger partial charge in [0, 0.05) is 50.4 Å². The highest BCUT2D eigenvalue weighted by Gasteiger charge is 2.15. The number of nitrogens with zero attached hydrogens (tertiary/aromatic N) is 4. The highest BCUT2D eigenvalue weighted by atomic mass is 127. The quantitative estimate of drug-likeness (QED) is 0.269. The lowest BCUT2D eigenvalue weighted by molar-refractivity contribution is 0.476. The summed E-state index contributed by atoms with van der Waals surface area (Å²) in [6, 6.07) is 8.70. The van der Waals surface area contributed by atoms with E-state index in [1.807, 2.05) is 18.8 Å². The van der Waals surface area contributed by atoms with E-state index in [1.54, 1.807) is 11.8 Å². The van der Waals surface area contributed by atoms with E-state index in [4.69, 9.17) is 0 Å². The molecule has 1 aromatic heterocycles. The lowest BCUT2D eigenvalue weighted by atomic mass is 10.1. The Morgan fingerprint density at radius 1 is 1.22 bits per heavy atom. The Hall–Kier alpha value is -1.22. The predicted octanol–water partition coefficient (Wildman–Crippen LogP) is 4.09. The summed E-state index contributed by atoms with van der Waals surface area (Å²) < 4.78 is 2.01. The first kappa shape index (κ1) is 23.8. The number of aryl methyl sites for hydroxylation is 2. The minimum absolute atomic E-state index is 0. The van der Waals surface area contributed by atoms with Gasteiger partial charge < -0.3 is 10.2 Å². The molecule has 5 nitrogen and oxygen atoms in total. The van der Waals surface area contributed by atoms with Crippen molar-refractivity contribution >= 4 is 41.7 Å². The van der Waals surface area contributed by atoms with Gasteiger partial charge >= 0.3 is 0 Å². The molecular formula is C20H32IN5S. The molecule has 0 atom stereocenters. The zero-order chi connectivity index (χ0) is 19.1. The van der Waals surface area contributed by atoms with Crippen LogP contribution in [0.3, 0.4) is 0 Å².